The van der Waals surface area contributed by atoms with Crippen LogP contribution < -0.4 is 5.32 Å². The monoisotopic (exact) mass is 486 g/mol. The molecule has 1 saturated heterocycles. The van der Waals surface area contributed by atoms with E-state index in [0.29, 0.717) is 35.8 Å². The highest BCUT2D eigenvalue weighted by atomic mass is 35.5. The van der Waals surface area contributed by atoms with E-state index in [2.05, 4.69) is 15.5 Å². The van der Waals surface area contributed by atoms with Crippen molar-refractivity contribution in [1.82, 2.24) is 14.5 Å². The fourth-order valence-electron chi connectivity index (χ4n) is 3.80. The molecular formula is C22H19ClN4O5S. The maximum Gasteiger partial charge on any atom is 0.322 e. The Morgan fingerprint density at radius 3 is 2.67 bits per heavy atom. The summed E-state index contributed by atoms with van der Waals surface area (Å²) in [5.41, 5.74) is 0.681. The van der Waals surface area contributed by atoms with Crippen molar-refractivity contribution < 1.29 is 22.0 Å². The minimum atomic E-state index is -3.73. The van der Waals surface area contributed by atoms with Gasteiger partial charge in [-0.1, -0.05) is 34.9 Å². The molecule has 1 fully saturated rings. The van der Waals surface area contributed by atoms with Crippen LogP contribution in [0, 0.1) is 5.92 Å². The van der Waals surface area contributed by atoms with Crippen LogP contribution in [0.3, 0.4) is 0 Å². The van der Waals surface area contributed by atoms with Gasteiger partial charge in [-0.25, -0.2) is 8.42 Å². The molecule has 3 heterocycles. The molecule has 0 spiro atoms. The minimum Gasteiger partial charge on any atom is -0.451 e. The summed E-state index contributed by atoms with van der Waals surface area (Å²) in [6, 6.07) is 15.1. The Kier molecular flexibility index (Phi) is 5.65. The SMILES string of the molecule is O=C(Nc1nnc(-c2cc3ccccc3o2)o1)C1CCCN(S(=O)(=O)c2ccc(Cl)cc2)C1. The molecular weight excluding hydrogens is 468 g/mol. The smallest absolute Gasteiger partial charge is 0.322 e. The molecule has 0 bridgehead atoms. The van der Waals surface area contributed by atoms with Crippen LogP contribution in [-0.2, 0) is 14.8 Å². The van der Waals surface area contributed by atoms with Crippen LogP contribution in [0.25, 0.3) is 22.6 Å². The highest BCUT2D eigenvalue weighted by Gasteiger charge is 2.34. The minimum absolute atomic E-state index is 0.0569. The summed E-state index contributed by atoms with van der Waals surface area (Å²) < 4.78 is 38.5. The van der Waals surface area contributed by atoms with E-state index in [9.17, 15) is 13.2 Å². The molecule has 2 aromatic heterocycles. The predicted molar refractivity (Wildman–Crippen MR) is 121 cm³/mol. The number of hydrogen-bond donors (Lipinski definition) is 1. The molecule has 0 aliphatic carbocycles. The highest BCUT2D eigenvalue weighted by Crippen LogP contribution is 2.29. The van der Waals surface area contributed by atoms with Gasteiger partial charge in [0.25, 0.3) is 5.89 Å². The quantitative estimate of drug-likeness (QED) is 0.449. The average molecular weight is 487 g/mol. The number of rotatable bonds is 5. The topological polar surface area (TPSA) is 119 Å². The Bertz CT molecular complexity index is 1380. The maximum atomic E-state index is 13.0. The van der Waals surface area contributed by atoms with E-state index in [0.717, 1.165) is 5.39 Å². The number of nitrogens with zero attached hydrogens (tertiary/aromatic N) is 3. The second kappa shape index (κ2) is 8.62. The molecule has 1 amide bonds. The third-order valence-corrected chi connectivity index (χ3v) is 7.63. The van der Waals surface area contributed by atoms with Crippen molar-refractivity contribution in [3.8, 4) is 11.7 Å². The van der Waals surface area contributed by atoms with Crippen molar-refractivity contribution in [2.24, 2.45) is 5.92 Å². The average Bonchev–Trinajstić information content (AvgIpc) is 3.46. The lowest BCUT2D eigenvalue weighted by atomic mass is 9.99. The number of furan rings is 1. The molecule has 5 rings (SSSR count). The van der Waals surface area contributed by atoms with Crippen molar-refractivity contribution in [3.63, 3.8) is 0 Å². The Balaban J connectivity index is 1.27. The Morgan fingerprint density at radius 1 is 1.09 bits per heavy atom. The normalized spacial score (nSPS) is 17.3. The van der Waals surface area contributed by atoms with E-state index >= 15 is 0 Å². The van der Waals surface area contributed by atoms with Gasteiger partial charge in [0.2, 0.25) is 15.9 Å². The number of carbonyl (C=O) groups excluding carboxylic acids is 1. The molecule has 33 heavy (non-hydrogen) atoms. The molecule has 1 aliphatic heterocycles. The molecule has 0 saturated carbocycles. The first-order valence-corrected chi connectivity index (χ1v) is 12.1. The Morgan fingerprint density at radius 2 is 1.88 bits per heavy atom. The first-order valence-electron chi connectivity index (χ1n) is 10.3. The third-order valence-electron chi connectivity index (χ3n) is 5.50. The van der Waals surface area contributed by atoms with E-state index in [1.165, 1.54) is 28.6 Å². The zero-order valence-electron chi connectivity index (χ0n) is 17.3. The Labute approximate surface area is 194 Å². The van der Waals surface area contributed by atoms with Crippen LogP contribution in [0.4, 0.5) is 6.01 Å². The van der Waals surface area contributed by atoms with Crippen LogP contribution in [0.1, 0.15) is 12.8 Å². The number of aromatic nitrogens is 2. The molecule has 1 aliphatic rings. The highest BCUT2D eigenvalue weighted by molar-refractivity contribution is 7.89. The summed E-state index contributed by atoms with van der Waals surface area (Å²) in [6.45, 7) is 0.396. The number of para-hydroxylation sites is 1. The zero-order valence-corrected chi connectivity index (χ0v) is 18.8. The van der Waals surface area contributed by atoms with Gasteiger partial charge in [0.05, 0.1) is 10.8 Å². The predicted octanol–water partition coefficient (Wildman–Crippen LogP) is 4.18. The van der Waals surface area contributed by atoms with E-state index in [4.69, 9.17) is 20.4 Å². The Hall–Kier alpha value is -3.21. The number of nitrogens with one attached hydrogen (secondary N) is 1. The van der Waals surface area contributed by atoms with Crippen molar-refractivity contribution in [1.29, 1.82) is 0 Å². The first-order chi connectivity index (χ1) is 15.9. The number of amides is 1. The lowest BCUT2D eigenvalue weighted by Gasteiger charge is -2.30. The standard InChI is InChI=1S/C22H19ClN4O5S/c23-16-7-9-17(10-8-16)33(29,30)27-11-3-5-15(13-27)20(28)24-22-26-25-21(32-22)19-12-14-4-1-2-6-18(14)31-19/h1-2,4,6-10,12,15H,3,5,11,13H2,(H,24,26,28). The fraction of sp³-hybridized carbons (Fsp3) is 0.227. The third kappa shape index (κ3) is 4.37. The summed E-state index contributed by atoms with van der Waals surface area (Å²) >= 11 is 5.86. The number of sulfonamides is 1. The summed E-state index contributed by atoms with van der Waals surface area (Å²) in [6.07, 6.45) is 1.10. The van der Waals surface area contributed by atoms with Crippen LogP contribution >= 0.6 is 11.6 Å². The van der Waals surface area contributed by atoms with Gasteiger partial charge in [-0.05, 0) is 49.2 Å². The van der Waals surface area contributed by atoms with Gasteiger partial charge in [-0.2, -0.15) is 4.31 Å². The van der Waals surface area contributed by atoms with Gasteiger partial charge >= 0.3 is 6.01 Å². The molecule has 2 aromatic carbocycles. The van der Waals surface area contributed by atoms with Gasteiger partial charge in [0, 0.05) is 23.5 Å². The maximum absolute atomic E-state index is 13.0. The van der Waals surface area contributed by atoms with E-state index in [-0.39, 0.29) is 29.3 Å². The van der Waals surface area contributed by atoms with Gasteiger partial charge in [-0.15, -0.1) is 5.10 Å². The molecule has 9 nitrogen and oxygen atoms in total. The molecule has 1 unspecified atom stereocenters. The lowest BCUT2D eigenvalue weighted by molar-refractivity contribution is -0.121. The van der Waals surface area contributed by atoms with E-state index in [1.807, 2.05) is 24.3 Å². The van der Waals surface area contributed by atoms with Crippen LogP contribution in [0.2, 0.25) is 5.02 Å². The van der Waals surface area contributed by atoms with E-state index < -0.39 is 15.9 Å². The summed E-state index contributed by atoms with van der Waals surface area (Å²) in [5, 5.41) is 11.7. The second-order valence-corrected chi connectivity index (χ2v) is 10.1. The molecule has 0 radical (unpaired) electrons. The zero-order chi connectivity index (χ0) is 23.0. The fourth-order valence-corrected chi connectivity index (χ4v) is 5.45. The number of piperidine rings is 1. The molecule has 4 aromatic rings. The van der Waals surface area contributed by atoms with Gasteiger partial charge < -0.3 is 8.83 Å². The number of benzene rings is 2. The molecule has 170 valence electrons. The van der Waals surface area contributed by atoms with Gasteiger partial charge in [-0.3, -0.25) is 10.1 Å². The van der Waals surface area contributed by atoms with Crippen molar-refractivity contribution in [2.45, 2.75) is 17.7 Å². The van der Waals surface area contributed by atoms with Crippen LogP contribution in [0.15, 0.2) is 68.3 Å². The molecule has 11 heteroatoms. The molecule has 1 N–H and O–H groups in total. The summed E-state index contributed by atoms with van der Waals surface area (Å²) in [5.74, 6) is -0.410. The van der Waals surface area contributed by atoms with Crippen LogP contribution in [0.5, 0.6) is 0 Å². The summed E-state index contributed by atoms with van der Waals surface area (Å²) in [7, 11) is -3.73. The van der Waals surface area contributed by atoms with Crippen molar-refractivity contribution in [3.05, 3.63) is 59.6 Å². The van der Waals surface area contributed by atoms with Crippen molar-refractivity contribution >= 4 is 44.5 Å². The lowest BCUT2D eigenvalue weighted by Crippen LogP contribution is -2.43. The van der Waals surface area contributed by atoms with Gasteiger partial charge in [0.15, 0.2) is 5.76 Å². The number of fused-ring (bicyclic) bond motifs is 1. The number of anilines is 1. The molecule has 1 atom stereocenters. The second-order valence-electron chi connectivity index (χ2n) is 7.71. The largest absolute Gasteiger partial charge is 0.451 e. The van der Waals surface area contributed by atoms with E-state index in [1.54, 1.807) is 6.07 Å². The number of hydrogen-bond acceptors (Lipinski definition) is 7. The number of carbonyl (C=O) groups is 1. The first kappa shape index (κ1) is 21.6. The number of halogens is 1. The van der Waals surface area contributed by atoms with Crippen molar-refractivity contribution in [2.75, 3.05) is 18.4 Å². The summed E-state index contributed by atoms with van der Waals surface area (Å²) in [4.78, 5) is 12.9. The van der Waals surface area contributed by atoms with Crippen LogP contribution in [-0.4, -0.2) is 41.9 Å². The van der Waals surface area contributed by atoms with Gasteiger partial charge in [0.1, 0.15) is 5.58 Å².